The van der Waals surface area contributed by atoms with Gasteiger partial charge in [0, 0.05) is 12.1 Å². The number of benzene rings is 1. The van der Waals surface area contributed by atoms with Crippen LogP contribution in [0, 0.1) is 0 Å². The van der Waals surface area contributed by atoms with Gasteiger partial charge in [-0.1, -0.05) is 6.58 Å². The van der Waals surface area contributed by atoms with Crippen LogP contribution in [0.25, 0.3) is 0 Å². The van der Waals surface area contributed by atoms with E-state index in [1.165, 1.54) is 0 Å². The summed E-state index contributed by atoms with van der Waals surface area (Å²) >= 11 is 0. The Kier molecular flexibility index (Phi) is 5.23. The van der Waals surface area contributed by atoms with Crippen molar-refractivity contribution in [1.29, 1.82) is 0 Å². The average molecular weight is 249 g/mol. The van der Waals surface area contributed by atoms with Crippen molar-refractivity contribution < 1.29 is 9.47 Å². The molecule has 1 aromatic rings. The van der Waals surface area contributed by atoms with E-state index in [2.05, 4.69) is 32.7 Å². The zero-order valence-corrected chi connectivity index (χ0v) is 11.7. The number of nitrogens with one attached hydrogen (secondary N) is 1. The molecule has 1 aromatic carbocycles. The Morgan fingerprint density at radius 2 is 1.72 bits per heavy atom. The summed E-state index contributed by atoms with van der Waals surface area (Å²) in [7, 11) is 1.65. The summed E-state index contributed by atoms with van der Waals surface area (Å²) in [5.74, 6) is 1.66. The van der Waals surface area contributed by atoms with Gasteiger partial charge < -0.3 is 14.8 Å². The predicted octanol–water partition coefficient (Wildman–Crippen LogP) is 3.02. The summed E-state index contributed by atoms with van der Waals surface area (Å²) in [6.45, 7) is 11.7. The maximum absolute atomic E-state index is 5.64. The van der Waals surface area contributed by atoms with Gasteiger partial charge in [0.25, 0.3) is 0 Å². The Morgan fingerprint density at radius 3 is 2.22 bits per heavy atom. The Labute approximate surface area is 110 Å². The van der Waals surface area contributed by atoms with Crippen LogP contribution in [0.2, 0.25) is 0 Å². The lowest BCUT2D eigenvalue weighted by molar-refractivity contribution is 0.340. The molecule has 0 amide bonds. The molecule has 0 saturated heterocycles. The molecule has 0 fully saturated rings. The lowest BCUT2D eigenvalue weighted by atomic mass is 10.1. The van der Waals surface area contributed by atoms with Crippen molar-refractivity contribution in [2.45, 2.75) is 26.3 Å². The van der Waals surface area contributed by atoms with E-state index in [-0.39, 0.29) is 5.54 Å². The third-order valence-electron chi connectivity index (χ3n) is 2.37. The molecule has 18 heavy (non-hydrogen) atoms. The van der Waals surface area contributed by atoms with Gasteiger partial charge in [-0.25, -0.2) is 0 Å². The first-order chi connectivity index (χ1) is 8.40. The van der Waals surface area contributed by atoms with Gasteiger partial charge in [-0.15, -0.1) is 0 Å². The first-order valence-electron chi connectivity index (χ1n) is 6.09. The second kappa shape index (κ2) is 6.45. The van der Waals surface area contributed by atoms with Crippen molar-refractivity contribution in [1.82, 2.24) is 5.32 Å². The molecule has 3 heteroatoms. The van der Waals surface area contributed by atoms with Crippen molar-refractivity contribution in [3.05, 3.63) is 36.4 Å². The maximum atomic E-state index is 5.64. The molecule has 1 rings (SSSR count). The highest BCUT2D eigenvalue weighted by Crippen LogP contribution is 2.17. The number of hydrogen-bond acceptors (Lipinski definition) is 3. The molecule has 0 aliphatic heterocycles. The maximum Gasteiger partial charge on any atom is 0.120 e. The molecule has 0 aromatic heterocycles. The van der Waals surface area contributed by atoms with Gasteiger partial charge in [0.2, 0.25) is 0 Å². The Bertz CT molecular complexity index is 376. The van der Waals surface area contributed by atoms with Crippen LogP contribution in [0.4, 0.5) is 0 Å². The van der Waals surface area contributed by atoms with E-state index in [1.54, 1.807) is 7.11 Å². The summed E-state index contributed by atoms with van der Waals surface area (Å²) in [5.41, 5.74) is 1.13. The highest BCUT2D eigenvalue weighted by molar-refractivity contribution is 5.31. The van der Waals surface area contributed by atoms with Crippen LogP contribution in [0.3, 0.4) is 0 Å². The molecule has 0 radical (unpaired) electrons. The van der Waals surface area contributed by atoms with Gasteiger partial charge in [-0.3, -0.25) is 0 Å². The van der Waals surface area contributed by atoms with E-state index >= 15 is 0 Å². The van der Waals surface area contributed by atoms with Gasteiger partial charge in [0.15, 0.2) is 0 Å². The van der Waals surface area contributed by atoms with E-state index in [9.17, 15) is 0 Å². The highest BCUT2D eigenvalue weighted by atomic mass is 16.5. The summed E-state index contributed by atoms with van der Waals surface area (Å²) < 4.78 is 10.7. The SMILES string of the molecule is C=C(CNC(C)(C)C)COc1ccc(OC)cc1. The van der Waals surface area contributed by atoms with Gasteiger partial charge >= 0.3 is 0 Å². The number of ether oxygens (including phenoxy) is 2. The van der Waals surface area contributed by atoms with Crippen molar-refractivity contribution >= 4 is 0 Å². The fraction of sp³-hybridized carbons (Fsp3) is 0.467. The topological polar surface area (TPSA) is 30.5 Å². The predicted molar refractivity (Wildman–Crippen MR) is 75.4 cm³/mol. The summed E-state index contributed by atoms with van der Waals surface area (Å²) in [6, 6.07) is 7.55. The quantitative estimate of drug-likeness (QED) is 0.786. The molecular weight excluding hydrogens is 226 g/mol. The Morgan fingerprint density at radius 1 is 1.17 bits per heavy atom. The van der Waals surface area contributed by atoms with Crippen molar-refractivity contribution in [3.8, 4) is 11.5 Å². The fourth-order valence-electron chi connectivity index (χ4n) is 1.30. The number of hydrogen-bond donors (Lipinski definition) is 1. The van der Waals surface area contributed by atoms with Crippen LogP contribution in [-0.4, -0.2) is 25.8 Å². The average Bonchev–Trinajstić information content (AvgIpc) is 2.33. The van der Waals surface area contributed by atoms with Crippen LogP contribution in [0.5, 0.6) is 11.5 Å². The molecule has 0 spiro atoms. The van der Waals surface area contributed by atoms with Crippen LogP contribution < -0.4 is 14.8 Å². The molecule has 100 valence electrons. The summed E-state index contributed by atoms with van der Waals surface area (Å²) in [6.07, 6.45) is 0. The minimum Gasteiger partial charge on any atom is -0.497 e. The van der Waals surface area contributed by atoms with Crippen molar-refractivity contribution in [2.75, 3.05) is 20.3 Å². The van der Waals surface area contributed by atoms with Crippen molar-refractivity contribution in [3.63, 3.8) is 0 Å². The zero-order chi connectivity index (χ0) is 13.6. The molecule has 0 atom stereocenters. The largest absolute Gasteiger partial charge is 0.497 e. The molecule has 0 saturated carbocycles. The molecule has 0 unspecified atom stereocenters. The van der Waals surface area contributed by atoms with Gasteiger partial charge in [0.05, 0.1) is 7.11 Å². The number of rotatable bonds is 6. The molecule has 0 heterocycles. The summed E-state index contributed by atoms with van der Waals surface area (Å²) in [5, 5.41) is 3.38. The summed E-state index contributed by atoms with van der Waals surface area (Å²) in [4.78, 5) is 0. The van der Waals surface area contributed by atoms with Gasteiger partial charge in [-0.05, 0) is 50.6 Å². The minimum atomic E-state index is 0.100. The molecular formula is C15H23NO2. The minimum absolute atomic E-state index is 0.100. The zero-order valence-electron chi connectivity index (χ0n) is 11.7. The van der Waals surface area contributed by atoms with E-state index in [0.29, 0.717) is 6.61 Å². The van der Waals surface area contributed by atoms with Crippen molar-refractivity contribution in [2.24, 2.45) is 0 Å². The van der Waals surface area contributed by atoms with E-state index in [1.807, 2.05) is 24.3 Å². The molecule has 3 nitrogen and oxygen atoms in total. The smallest absolute Gasteiger partial charge is 0.120 e. The molecule has 0 aliphatic rings. The lowest BCUT2D eigenvalue weighted by Crippen LogP contribution is -2.37. The molecule has 0 aliphatic carbocycles. The fourth-order valence-corrected chi connectivity index (χ4v) is 1.30. The van der Waals surface area contributed by atoms with E-state index in [4.69, 9.17) is 9.47 Å². The molecule has 0 bridgehead atoms. The van der Waals surface area contributed by atoms with Crippen LogP contribution in [-0.2, 0) is 0 Å². The van der Waals surface area contributed by atoms with Crippen LogP contribution >= 0.6 is 0 Å². The normalized spacial score (nSPS) is 11.1. The second-order valence-electron chi connectivity index (χ2n) is 5.32. The first-order valence-corrected chi connectivity index (χ1v) is 6.09. The monoisotopic (exact) mass is 249 g/mol. The molecule has 1 N–H and O–H groups in total. The number of methoxy groups -OCH3 is 1. The van der Waals surface area contributed by atoms with Crippen LogP contribution in [0.1, 0.15) is 20.8 Å². The highest BCUT2D eigenvalue weighted by Gasteiger charge is 2.08. The Balaban J connectivity index is 2.33. The van der Waals surface area contributed by atoms with Crippen LogP contribution in [0.15, 0.2) is 36.4 Å². The van der Waals surface area contributed by atoms with Gasteiger partial charge in [0.1, 0.15) is 18.1 Å². The Hall–Kier alpha value is -1.48. The van der Waals surface area contributed by atoms with E-state index in [0.717, 1.165) is 23.6 Å². The third kappa shape index (κ3) is 5.73. The second-order valence-corrected chi connectivity index (χ2v) is 5.32. The first kappa shape index (κ1) is 14.6. The van der Waals surface area contributed by atoms with E-state index < -0.39 is 0 Å². The standard InChI is InChI=1S/C15H23NO2/c1-12(10-16-15(2,3)4)11-18-14-8-6-13(17-5)7-9-14/h6-9,16H,1,10-11H2,2-5H3. The van der Waals surface area contributed by atoms with Gasteiger partial charge in [-0.2, -0.15) is 0 Å². The lowest BCUT2D eigenvalue weighted by Gasteiger charge is -2.21. The third-order valence-corrected chi connectivity index (χ3v) is 2.37.